The summed E-state index contributed by atoms with van der Waals surface area (Å²) in [5.74, 6) is 0. The summed E-state index contributed by atoms with van der Waals surface area (Å²) in [6.07, 6.45) is -1.80. The molecule has 0 saturated heterocycles. The number of hydrogen-bond acceptors (Lipinski definition) is 0. The summed E-state index contributed by atoms with van der Waals surface area (Å²) in [7, 11) is 0. The molecule has 1 aromatic rings. The summed E-state index contributed by atoms with van der Waals surface area (Å²) in [5, 5.41) is 0. The quantitative estimate of drug-likeness (QED) is 0.629. The SMILES string of the molecule is FC(F)CCc1cc[c]cc1. The summed E-state index contributed by atoms with van der Waals surface area (Å²) in [6.45, 7) is 0. The van der Waals surface area contributed by atoms with Crippen molar-refractivity contribution in [3.05, 3.63) is 35.9 Å². The van der Waals surface area contributed by atoms with Crippen molar-refractivity contribution in [3.63, 3.8) is 0 Å². The summed E-state index contributed by atoms with van der Waals surface area (Å²) in [5.41, 5.74) is 0.948. The predicted molar refractivity (Wildman–Crippen MR) is 39.6 cm³/mol. The van der Waals surface area contributed by atoms with Gasteiger partial charge >= 0.3 is 0 Å². The lowest BCUT2D eigenvalue weighted by molar-refractivity contribution is 0.138. The Labute approximate surface area is 64.9 Å². The van der Waals surface area contributed by atoms with E-state index in [-0.39, 0.29) is 6.42 Å². The fourth-order valence-corrected chi connectivity index (χ4v) is 0.864. The van der Waals surface area contributed by atoms with Crippen molar-refractivity contribution in [1.82, 2.24) is 0 Å². The number of hydrogen-bond donors (Lipinski definition) is 0. The molecule has 59 valence electrons. The van der Waals surface area contributed by atoms with Gasteiger partial charge in [0, 0.05) is 6.42 Å². The third-order valence-electron chi connectivity index (χ3n) is 1.44. The van der Waals surface area contributed by atoms with Crippen LogP contribution in [-0.2, 0) is 6.42 Å². The van der Waals surface area contributed by atoms with Crippen molar-refractivity contribution >= 4 is 0 Å². The number of halogens is 2. The van der Waals surface area contributed by atoms with Gasteiger partial charge in [0.1, 0.15) is 0 Å². The van der Waals surface area contributed by atoms with Gasteiger partial charge in [0.25, 0.3) is 0 Å². The normalized spacial score (nSPS) is 10.5. The molecule has 0 nitrogen and oxygen atoms in total. The molecule has 1 rings (SSSR count). The molecule has 2 heteroatoms. The minimum atomic E-state index is -2.20. The maximum Gasteiger partial charge on any atom is 0.239 e. The molecule has 0 aromatic heterocycles. The molecule has 1 radical (unpaired) electrons. The standard InChI is InChI=1S/C9H9F2/c10-9(11)7-6-8-4-2-1-3-5-8/h2-5,9H,6-7H2. The first kappa shape index (κ1) is 8.18. The van der Waals surface area contributed by atoms with Gasteiger partial charge < -0.3 is 0 Å². The van der Waals surface area contributed by atoms with E-state index in [0.717, 1.165) is 5.56 Å². The predicted octanol–water partition coefficient (Wildman–Crippen LogP) is 2.68. The zero-order chi connectivity index (χ0) is 8.10. The second-order valence-electron chi connectivity index (χ2n) is 2.34. The van der Waals surface area contributed by atoms with Crippen LogP contribution < -0.4 is 0 Å². The highest BCUT2D eigenvalue weighted by molar-refractivity contribution is 5.13. The van der Waals surface area contributed by atoms with Crippen molar-refractivity contribution in [3.8, 4) is 0 Å². The van der Waals surface area contributed by atoms with Crippen LogP contribution in [-0.4, -0.2) is 6.43 Å². The van der Waals surface area contributed by atoms with E-state index in [9.17, 15) is 8.78 Å². The Morgan fingerprint density at radius 3 is 2.45 bits per heavy atom. The smallest absolute Gasteiger partial charge is 0.211 e. The number of benzene rings is 1. The lowest BCUT2D eigenvalue weighted by Crippen LogP contribution is -1.93. The summed E-state index contributed by atoms with van der Waals surface area (Å²) in [6, 6.07) is 9.92. The van der Waals surface area contributed by atoms with Gasteiger partial charge in [-0.05, 0) is 18.1 Å². The minimum Gasteiger partial charge on any atom is -0.211 e. The van der Waals surface area contributed by atoms with Crippen LogP contribution in [0.1, 0.15) is 12.0 Å². The average molecular weight is 155 g/mol. The molecule has 0 atom stereocenters. The molecule has 0 spiro atoms. The number of rotatable bonds is 3. The Morgan fingerprint density at radius 1 is 1.27 bits per heavy atom. The van der Waals surface area contributed by atoms with Crippen LogP contribution in [0.4, 0.5) is 8.78 Å². The molecule has 0 aliphatic carbocycles. The molecule has 0 unspecified atom stereocenters. The molecular weight excluding hydrogens is 146 g/mol. The largest absolute Gasteiger partial charge is 0.239 e. The molecule has 0 aliphatic heterocycles. The molecule has 11 heavy (non-hydrogen) atoms. The van der Waals surface area contributed by atoms with Crippen LogP contribution in [0.25, 0.3) is 0 Å². The maximum absolute atomic E-state index is 11.7. The maximum atomic E-state index is 11.7. The third kappa shape index (κ3) is 3.12. The Kier molecular flexibility index (Phi) is 3.02. The van der Waals surface area contributed by atoms with Gasteiger partial charge in [-0.1, -0.05) is 24.3 Å². The zero-order valence-electron chi connectivity index (χ0n) is 6.06. The fourth-order valence-electron chi connectivity index (χ4n) is 0.864. The van der Waals surface area contributed by atoms with Gasteiger partial charge in [0.05, 0.1) is 0 Å². The van der Waals surface area contributed by atoms with Crippen molar-refractivity contribution < 1.29 is 8.78 Å². The first-order chi connectivity index (χ1) is 5.29. The Hall–Kier alpha value is -0.920. The fraction of sp³-hybridized carbons (Fsp3) is 0.333. The lowest BCUT2D eigenvalue weighted by atomic mass is 10.1. The van der Waals surface area contributed by atoms with Crippen LogP contribution in [0.5, 0.6) is 0 Å². The molecule has 0 aliphatic rings. The lowest BCUT2D eigenvalue weighted by Gasteiger charge is -1.98. The van der Waals surface area contributed by atoms with Crippen LogP contribution in [0.2, 0.25) is 0 Å². The van der Waals surface area contributed by atoms with Crippen LogP contribution >= 0.6 is 0 Å². The van der Waals surface area contributed by atoms with Crippen LogP contribution in [0.15, 0.2) is 24.3 Å². The molecule has 0 fully saturated rings. The van der Waals surface area contributed by atoms with Gasteiger partial charge in [-0.15, -0.1) is 0 Å². The number of aryl methyl sites for hydroxylation is 1. The first-order valence-corrected chi connectivity index (χ1v) is 3.52. The van der Waals surface area contributed by atoms with E-state index in [2.05, 4.69) is 6.07 Å². The van der Waals surface area contributed by atoms with Gasteiger partial charge in [0.15, 0.2) is 0 Å². The molecular formula is C9H9F2. The molecule has 0 saturated carbocycles. The van der Waals surface area contributed by atoms with Gasteiger partial charge in [-0.3, -0.25) is 0 Å². The molecule has 0 N–H and O–H groups in total. The highest BCUT2D eigenvalue weighted by Gasteiger charge is 2.01. The molecule has 0 heterocycles. The van der Waals surface area contributed by atoms with E-state index in [0.29, 0.717) is 6.42 Å². The number of alkyl halides is 2. The van der Waals surface area contributed by atoms with Crippen molar-refractivity contribution in [1.29, 1.82) is 0 Å². The topological polar surface area (TPSA) is 0 Å². The molecule has 1 aromatic carbocycles. The monoisotopic (exact) mass is 155 g/mol. The van der Waals surface area contributed by atoms with Gasteiger partial charge in [0.2, 0.25) is 6.43 Å². The van der Waals surface area contributed by atoms with Crippen molar-refractivity contribution in [2.24, 2.45) is 0 Å². The summed E-state index contributed by atoms with van der Waals surface area (Å²) >= 11 is 0. The Bertz CT molecular complexity index is 194. The van der Waals surface area contributed by atoms with Crippen molar-refractivity contribution in [2.45, 2.75) is 19.3 Å². The Balaban J connectivity index is 2.39. The molecule has 0 bridgehead atoms. The molecule has 0 amide bonds. The summed E-state index contributed by atoms with van der Waals surface area (Å²) in [4.78, 5) is 0. The highest BCUT2D eigenvalue weighted by Crippen LogP contribution is 2.07. The van der Waals surface area contributed by atoms with E-state index >= 15 is 0 Å². The Morgan fingerprint density at radius 2 is 1.91 bits per heavy atom. The van der Waals surface area contributed by atoms with Crippen molar-refractivity contribution in [2.75, 3.05) is 0 Å². The van der Waals surface area contributed by atoms with Crippen LogP contribution in [0.3, 0.4) is 0 Å². The average Bonchev–Trinajstić information content (AvgIpc) is 2.03. The van der Waals surface area contributed by atoms with E-state index < -0.39 is 6.43 Å². The van der Waals surface area contributed by atoms with E-state index in [1.54, 1.807) is 12.1 Å². The van der Waals surface area contributed by atoms with E-state index in [1.165, 1.54) is 0 Å². The summed E-state index contributed by atoms with van der Waals surface area (Å²) < 4.78 is 23.4. The van der Waals surface area contributed by atoms with E-state index in [4.69, 9.17) is 0 Å². The van der Waals surface area contributed by atoms with Gasteiger partial charge in [-0.2, -0.15) is 0 Å². The van der Waals surface area contributed by atoms with Crippen LogP contribution in [0, 0.1) is 6.07 Å². The zero-order valence-corrected chi connectivity index (χ0v) is 6.06. The van der Waals surface area contributed by atoms with Gasteiger partial charge in [-0.25, -0.2) is 8.78 Å². The first-order valence-electron chi connectivity index (χ1n) is 3.52. The second kappa shape index (κ2) is 4.06. The third-order valence-corrected chi connectivity index (χ3v) is 1.44. The highest BCUT2D eigenvalue weighted by atomic mass is 19.3. The minimum absolute atomic E-state index is 0.0516. The second-order valence-corrected chi connectivity index (χ2v) is 2.34. The van der Waals surface area contributed by atoms with E-state index in [1.807, 2.05) is 12.1 Å².